The Morgan fingerprint density at radius 3 is 3.05 bits per heavy atom. The van der Waals surface area contributed by atoms with Crippen LogP contribution in [-0.2, 0) is 13.0 Å². The van der Waals surface area contributed by atoms with Gasteiger partial charge in [-0.3, -0.25) is 9.89 Å². The fraction of sp³-hybridized carbons (Fsp3) is 0.714. The summed E-state index contributed by atoms with van der Waals surface area (Å²) in [4.78, 5) is 12.4. The van der Waals surface area contributed by atoms with Crippen molar-refractivity contribution >= 4 is 5.91 Å². The molecule has 2 heterocycles. The molecule has 0 radical (unpaired) electrons. The van der Waals surface area contributed by atoms with Crippen LogP contribution in [0.1, 0.15) is 54.4 Å². The Kier molecular flexibility index (Phi) is 3.55. The highest BCUT2D eigenvalue weighted by Gasteiger charge is 2.26. The Labute approximate surface area is 113 Å². The largest absolute Gasteiger partial charge is 0.348 e. The number of carbonyl (C=O) groups is 1. The molecule has 1 amide bonds. The van der Waals surface area contributed by atoms with Gasteiger partial charge in [-0.15, -0.1) is 0 Å². The molecule has 19 heavy (non-hydrogen) atoms. The fourth-order valence-electron chi connectivity index (χ4n) is 3.18. The number of rotatable bonds is 2. The zero-order chi connectivity index (χ0) is 13.2. The third kappa shape index (κ3) is 2.52. The van der Waals surface area contributed by atoms with Gasteiger partial charge in [-0.1, -0.05) is 19.8 Å². The molecule has 5 heteroatoms. The molecule has 1 fully saturated rings. The molecule has 0 aromatic carbocycles. The Morgan fingerprint density at radius 2 is 2.21 bits per heavy atom. The van der Waals surface area contributed by atoms with Gasteiger partial charge in [-0.25, -0.2) is 0 Å². The summed E-state index contributed by atoms with van der Waals surface area (Å²) in [6.45, 7) is 3.93. The number of fused-ring (bicyclic) bond motifs is 1. The minimum atomic E-state index is -0.0139. The number of aromatic nitrogens is 2. The molecular formula is C14H22N4O. The van der Waals surface area contributed by atoms with Crippen LogP contribution in [0.2, 0.25) is 0 Å². The van der Waals surface area contributed by atoms with E-state index in [2.05, 4.69) is 27.8 Å². The van der Waals surface area contributed by atoms with Crippen molar-refractivity contribution in [1.29, 1.82) is 0 Å². The van der Waals surface area contributed by atoms with Crippen molar-refractivity contribution in [1.82, 2.24) is 20.8 Å². The summed E-state index contributed by atoms with van der Waals surface area (Å²) < 4.78 is 0. The van der Waals surface area contributed by atoms with E-state index >= 15 is 0 Å². The number of nitrogens with one attached hydrogen (secondary N) is 3. The summed E-state index contributed by atoms with van der Waals surface area (Å²) in [6, 6.07) is 0.310. The van der Waals surface area contributed by atoms with E-state index in [9.17, 15) is 4.79 Å². The first kappa shape index (κ1) is 12.7. The van der Waals surface area contributed by atoms with Gasteiger partial charge >= 0.3 is 0 Å². The zero-order valence-electron chi connectivity index (χ0n) is 11.5. The number of hydrogen-bond acceptors (Lipinski definition) is 3. The molecule has 0 saturated heterocycles. The molecule has 104 valence electrons. The molecule has 1 aliphatic carbocycles. The number of aromatic amines is 1. The minimum Gasteiger partial charge on any atom is -0.348 e. The SMILES string of the molecule is CC1CCCCC1NC(=O)c1n[nH]c2c1CNCC2. The van der Waals surface area contributed by atoms with E-state index in [0.29, 0.717) is 17.7 Å². The zero-order valence-corrected chi connectivity index (χ0v) is 11.5. The molecule has 3 rings (SSSR count). The highest BCUT2D eigenvalue weighted by Crippen LogP contribution is 2.24. The molecule has 1 aromatic heterocycles. The number of hydrogen-bond donors (Lipinski definition) is 3. The first-order chi connectivity index (χ1) is 9.25. The van der Waals surface area contributed by atoms with Gasteiger partial charge in [0, 0.05) is 36.8 Å². The molecule has 1 aromatic rings. The quantitative estimate of drug-likeness (QED) is 0.754. The molecule has 2 atom stereocenters. The van der Waals surface area contributed by atoms with E-state index < -0.39 is 0 Å². The van der Waals surface area contributed by atoms with E-state index in [-0.39, 0.29) is 5.91 Å². The topological polar surface area (TPSA) is 69.8 Å². The molecular weight excluding hydrogens is 240 g/mol. The van der Waals surface area contributed by atoms with Crippen molar-refractivity contribution in [2.75, 3.05) is 6.54 Å². The van der Waals surface area contributed by atoms with Crippen molar-refractivity contribution < 1.29 is 4.79 Å². The van der Waals surface area contributed by atoms with Crippen LogP contribution in [0.15, 0.2) is 0 Å². The molecule has 0 spiro atoms. The van der Waals surface area contributed by atoms with Crippen LogP contribution in [0.25, 0.3) is 0 Å². The van der Waals surface area contributed by atoms with Gasteiger partial charge in [0.05, 0.1) is 0 Å². The maximum absolute atomic E-state index is 12.4. The van der Waals surface area contributed by atoms with Gasteiger partial charge in [0.2, 0.25) is 0 Å². The molecule has 2 aliphatic rings. The van der Waals surface area contributed by atoms with Crippen LogP contribution in [0, 0.1) is 5.92 Å². The highest BCUT2D eigenvalue weighted by atomic mass is 16.2. The molecule has 3 N–H and O–H groups in total. The molecule has 1 saturated carbocycles. The summed E-state index contributed by atoms with van der Waals surface area (Å²) in [7, 11) is 0. The summed E-state index contributed by atoms with van der Waals surface area (Å²) in [5.74, 6) is 0.561. The smallest absolute Gasteiger partial charge is 0.272 e. The molecule has 2 unspecified atom stereocenters. The summed E-state index contributed by atoms with van der Waals surface area (Å²) in [6.07, 6.45) is 5.74. The second kappa shape index (κ2) is 5.33. The van der Waals surface area contributed by atoms with E-state index in [0.717, 1.165) is 37.2 Å². The predicted octanol–water partition coefficient (Wildman–Crippen LogP) is 1.36. The molecule has 5 nitrogen and oxygen atoms in total. The lowest BCUT2D eigenvalue weighted by Gasteiger charge is -2.29. The standard InChI is InChI=1S/C14H22N4O/c1-9-4-2-3-5-11(9)16-14(19)13-10-8-15-7-6-12(10)17-18-13/h9,11,15H,2-8H2,1H3,(H,16,19)(H,17,18). The van der Waals surface area contributed by atoms with Crippen molar-refractivity contribution in [2.45, 2.75) is 51.6 Å². The van der Waals surface area contributed by atoms with Gasteiger partial charge in [-0.05, 0) is 18.8 Å². The highest BCUT2D eigenvalue weighted by molar-refractivity contribution is 5.94. The maximum atomic E-state index is 12.4. The van der Waals surface area contributed by atoms with Crippen LogP contribution in [0.5, 0.6) is 0 Å². The average Bonchev–Trinajstić information content (AvgIpc) is 2.85. The second-order valence-electron chi connectivity index (χ2n) is 5.80. The van der Waals surface area contributed by atoms with Gasteiger partial charge in [0.1, 0.15) is 0 Å². The van der Waals surface area contributed by atoms with Crippen LogP contribution in [0.4, 0.5) is 0 Å². The first-order valence-electron chi connectivity index (χ1n) is 7.33. The van der Waals surface area contributed by atoms with Crippen LogP contribution >= 0.6 is 0 Å². The third-order valence-electron chi connectivity index (χ3n) is 4.45. The monoisotopic (exact) mass is 262 g/mol. The van der Waals surface area contributed by atoms with Gasteiger partial charge in [0.15, 0.2) is 5.69 Å². The van der Waals surface area contributed by atoms with E-state index in [1.54, 1.807) is 0 Å². The first-order valence-corrected chi connectivity index (χ1v) is 7.33. The minimum absolute atomic E-state index is 0.0139. The van der Waals surface area contributed by atoms with Gasteiger partial charge in [0.25, 0.3) is 5.91 Å². The van der Waals surface area contributed by atoms with Crippen molar-refractivity contribution in [2.24, 2.45) is 5.92 Å². The number of H-pyrrole nitrogens is 1. The summed E-state index contributed by atoms with van der Waals surface area (Å²) >= 11 is 0. The molecule has 1 aliphatic heterocycles. The van der Waals surface area contributed by atoms with E-state index in [1.807, 2.05) is 0 Å². The Balaban J connectivity index is 1.71. The van der Waals surface area contributed by atoms with Crippen molar-refractivity contribution in [3.05, 3.63) is 17.0 Å². The number of amides is 1. The Bertz CT molecular complexity index is 468. The van der Waals surface area contributed by atoms with Crippen molar-refractivity contribution in [3.8, 4) is 0 Å². The summed E-state index contributed by atoms with van der Waals surface area (Å²) in [5.41, 5.74) is 2.74. The van der Waals surface area contributed by atoms with Crippen LogP contribution < -0.4 is 10.6 Å². The lowest BCUT2D eigenvalue weighted by Crippen LogP contribution is -2.41. The summed E-state index contributed by atoms with van der Waals surface area (Å²) in [5, 5.41) is 13.7. The number of nitrogens with zero attached hydrogens (tertiary/aromatic N) is 1. The molecule has 0 bridgehead atoms. The van der Waals surface area contributed by atoms with Crippen molar-refractivity contribution in [3.63, 3.8) is 0 Å². The Hall–Kier alpha value is -1.36. The second-order valence-corrected chi connectivity index (χ2v) is 5.80. The van der Waals surface area contributed by atoms with E-state index in [4.69, 9.17) is 0 Å². The lowest BCUT2D eigenvalue weighted by atomic mass is 9.86. The fourth-order valence-corrected chi connectivity index (χ4v) is 3.18. The normalized spacial score (nSPS) is 26.8. The van der Waals surface area contributed by atoms with Crippen LogP contribution in [-0.4, -0.2) is 28.7 Å². The maximum Gasteiger partial charge on any atom is 0.272 e. The lowest BCUT2D eigenvalue weighted by molar-refractivity contribution is 0.0904. The number of carbonyl (C=O) groups excluding carboxylic acids is 1. The van der Waals surface area contributed by atoms with Gasteiger partial charge < -0.3 is 10.6 Å². The Morgan fingerprint density at radius 1 is 1.37 bits per heavy atom. The van der Waals surface area contributed by atoms with Crippen LogP contribution in [0.3, 0.4) is 0 Å². The third-order valence-corrected chi connectivity index (χ3v) is 4.45. The van der Waals surface area contributed by atoms with E-state index in [1.165, 1.54) is 19.3 Å². The average molecular weight is 262 g/mol. The predicted molar refractivity (Wildman–Crippen MR) is 72.9 cm³/mol. The van der Waals surface area contributed by atoms with Gasteiger partial charge in [-0.2, -0.15) is 5.10 Å².